The molecule has 5 rings (SSSR count). The van der Waals surface area contributed by atoms with Crippen molar-refractivity contribution in [2.45, 2.75) is 23.9 Å². The number of rotatable bonds is 3. The highest BCUT2D eigenvalue weighted by Crippen LogP contribution is 2.47. The Bertz CT molecular complexity index is 1350. The van der Waals surface area contributed by atoms with Gasteiger partial charge in [0.15, 0.2) is 5.66 Å². The number of fused-ring (bicyclic) bond motifs is 2. The van der Waals surface area contributed by atoms with E-state index in [-0.39, 0.29) is 10.8 Å². The standard InChI is InChI=1S/C25H23N3O4S/c1-17-16-22(18-8-4-3-5-9-18)26-28(24(29)19-12-14-20(32-2)15-13-19)25(17)21-10-6-7-11-23(21)33(30,31)27-25/h3-15,17,27H,16H2,1-2H3/t17-,25-/m0/s1. The van der Waals surface area contributed by atoms with Gasteiger partial charge in [0.05, 0.1) is 17.7 Å². The number of methoxy groups -OCH3 is 1. The Morgan fingerprint density at radius 2 is 1.70 bits per heavy atom. The quantitative estimate of drug-likeness (QED) is 0.644. The minimum absolute atomic E-state index is 0.169. The minimum Gasteiger partial charge on any atom is -0.497 e. The third-order valence-electron chi connectivity index (χ3n) is 6.28. The van der Waals surface area contributed by atoms with E-state index in [4.69, 9.17) is 9.84 Å². The monoisotopic (exact) mass is 461 g/mol. The van der Waals surface area contributed by atoms with Crippen LogP contribution >= 0.6 is 0 Å². The highest BCUT2D eigenvalue weighted by Gasteiger charge is 2.57. The molecule has 3 aromatic rings. The van der Waals surface area contributed by atoms with Gasteiger partial charge in [0.2, 0.25) is 10.0 Å². The molecule has 2 aliphatic heterocycles. The molecule has 2 atom stereocenters. The molecule has 1 amide bonds. The summed E-state index contributed by atoms with van der Waals surface area (Å²) >= 11 is 0. The molecule has 0 saturated carbocycles. The van der Waals surface area contributed by atoms with E-state index >= 15 is 0 Å². The van der Waals surface area contributed by atoms with Gasteiger partial charge in [-0.25, -0.2) is 13.4 Å². The molecule has 0 saturated heterocycles. The zero-order valence-electron chi connectivity index (χ0n) is 18.2. The third kappa shape index (κ3) is 3.34. The number of nitrogens with one attached hydrogen (secondary N) is 1. The molecule has 0 aliphatic carbocycles. The molecule has 0 radical (unpaired) electrons. The Kier molecular flexibility index (Phi) is 5.07. The van der Waals surface area contributed by atoms with Crippen LogP contribution in [0.4, 0.5) is 0 Å². The lowest BCUT2D eigenvalue weighted by molar-refractivity contribution is 0.0168. The average molecular weight is 462 g/mol. The van der Waals surface area contributed by atoms with Crippen molar-refractivity contribution in [3.05, 3.63) is 95.6 Å². The van der Waals surface area contributed by atoms with Gasteiger partial charge in [-0.1, -0.05) is 55.5 Å². The number of sulfonamides is 1. The fraction of sp³-hybridized carbons (Fsp3) is 0.200. The summed E-state index contributed by atoms with van der Waals surface area (Å²) in [5, 5.41) is 6.08. The van der Waals surface area contributed by atoms with Crippen LogP contribution in [0, 0.1) is 5.92 Å². The molecule has 0 aromatic heterocycles. The average Bonchev–Trinajstić information content (AvgIpc) is 3.09. The van der Waals surface area contributed by atoms with Crippen LogP contribution in [0.3, 0.4) is 0 Å². The van der Waals surface area contributed by atoms with Gasteiger partial charge in [0, 0.05) is 17.0 Å². The third-order valence-corrected chi connectivity index (χ3v) is 7.80. The number of hydrogen-bond donors (Lipinski definition) is 1. The summed E-state index contributed by atoms with van der Waals surface area (Å²) in [6.45, 7) is 1.94. The highest BCUT2D eigenvalue weighted by molar-refractivity contribution is 7.89. The number of carbonyl (C=O) groups excluding carboxylic acids is 1. The summed E-state index contributed by atoms with van der Waals surface area (Å²) in [7, 11) is -2.27. The lowest BCUT2D eigenvalue weighted by atomic mass is 9.81. The van der Waals surface area contributed by atoms with Crippen LogP contribution in [-0.2, 0) is 15.7 Å². The summed E-state index contributed by atoms with van der Waals surface area (Å²) in [4.78, 5) is 14.0. The first-order valence-electron chi connectivity index (χ1n) is 10.6. The topological polar surface area (TPSA) is 88.1 Å². The number of amides is 1. The molecule has 2 aliphatic rings. The second kappa shape index (κ2) is 7.83. The van der Waals surface area contributed by atoms with Crippen LogP contribution in [0.15, 0.2) is 88.9 Å². The molecule has 1 N–H and O–H groups in total. The van der Waals surface area contributed by atoms with Crippen LogP contribution in [0.25, 0.3) is 0 Å². The van der Waals surface area contributed by atoms with Crippen molar-refractivity contribution in [1.82, 2.24) is 9.73 Å². The number of benzene rings is 3. The Hall–Kier alpha value is -3.49. The lowest BCUT2D eigenvalue weighted by Gasteiger charge is -2.45. The highest BCUT2D eigenvalue weighted by atomic mass is 32.2. The Balaban J connectivity index is 1.71. The van der Waals surface area contributed by atoms with E-state index in [1.807, 2.05) is 37.3 Å². The maximum Gasteiger partial charge on any atom is 0.276 e. The number of nitrogens with zero attached hydrogens (tertiary/aromatic N) is 2. The Morgan fingerprint density at radius 1 is 1.03 bits per heavy atom. The van der Waals surface area contributed by atoms with Crippen molar-refractivity contribution >= 4 is 21.6 Å². The van der Waals surface area contributed by atoms with E-state index in [0.717, 1.165) is 11.3 Å². The van der Waals surface area contributed by atoms with Crippen molar-refractivity contribution < 1.29 is 17.9 Å². The van der Waals surface area contributed by atoms with E-state index in [1.165, 1.54) is 5.01 Å². The molecular weight excluding hydrogens is 438 g/mol. The van der Waals surface area contributed by atoms with Crippen LogP contribution in [0.1, 0.15) is 34.8 Å². The summed E-state index contributed by atoms with van der Waals surface area (Å²) in [5.74, 6) is -0.0727. The second-order valence-electron chi connectivity index (χ2n) is 8.23. The Morgan fingerprint density at radius 3 is 2.39 bits per heavy atom. The van der Waals surface area contributed by atoms with Crippen molar-refractivity contribution in [1.29, 1.82) is 0 Å². The lowest BCUT2D eigenvalue weighted by Crippen LogP contribution is -2.60. The fourth-order valence-corrected chi connectivity index (χ4v) is 6.30. The first kappa shape index (κ1) is 21.4. The number of hydrogen-bond acceptors (Lipinski definition) is 5. The maximum atomic E-state index is 13.8. The molecule has 0 fully saturated rings. The van der Waals surface area contributed by atoms with E-state index in [9.17, 15) is 13.2 Å². The first-order chi connectivity index (χ1) is 15.9. The first-order valence-corrected chi connectivity index (χ1v) is 12.1. The van der Waals surface area contributed by atoms with Gasteiger partial charge in [0.1, 0.15) is 5.75 Å². The number of ether oxygens (including phenoxy) is 1. The molecule has 7 nitrogen and oxygen atoms in total. The van der Waals surface area contributed by atoms with E-state index in [2.05, 4.69) is 4.72 Å². The van der Waals surface area contributed by atoms with E-state index in [0.29, 0.717) is 23.3 Å². The molecular formula is C25H23N3O4S. The zero-order chi connectivity index (χ0) is 23.2. The molecule has 3 aromatic carbocycles. The maximum absolute atomic E-state index is 13.8. The van der Waals surface area contributed by atoms with E-state index in [1.54, 1.807) is 55.6 Å². The largest absolute Gasteiger partial charge is 0.497 e. The molecule has 33 heavy (non-hydrogen) atoms. The van der Waals surface area contributed by atoms with Gasteiger partial charge in [0.25, 0.3) is 5.91 Å². The van der Waals surface area contributed by atoms with Gasteiger partial charge in [-0.2, -0.15) is 9.82 Å². The van der Waals surface area contributed by atoms with Gasteiger partial charge < -0.3 is 4.74 Å². The number of carbonyl (C=O) groups is 1. The molecule has 8 heteroatoms. The van der Waals surface area contributed by atoms with Crippen molar-refractivity contribution in [3.8, 4) is 5.75 Å². The minimum atomic E-state index is -3.82. The summed E-state index contributed by atoms with van der Waals surface area (Å²) < 4.78 is 34.2. The normalized spacial score (nSPS) is 23.2. The molecule has 2 heterocycles. The van der Waals surface area contributed by atoms with E-state index < -0.39 is 21.6 Å². The molecule has 168 valence electrons. The smallest absolute Gasteiger partial charge is 0.276 e. The second-order valence-corrected chi connectivity index (χ2v) is 9.88. The number of hydrazone groups is 1. The summed E-state index contributed by atoms with van der Waals surface area (Å²) in [6.07, 6.45) is 0.493. The van der Waals surface area contributed by atoms with Crippen molar-refractivity contribution in [2.24, 2.45) is 11.0 Å². The van der Waals surface area contributed by atoms with Crippen LogP contribution in [0.2, 0.25) is 0 Å². The molecule has 0 bridgehead atoms. The van der Waals surface area contributed by atoms with Gasteiger partial charge >= 0.3 is 0 Å². The molecule has 0 unspecified atom stereocenters. The van der Waals surface area contributed by atoms with Gasteiger partial charge in [-0.15, -0.1) is 0 Å². The predicted molar refractivity (Wildman–Crippen MR) is 124 cm³/mol. The van der Waals surface area contributed by atoms with Crippen molar-refractivity contribution in [2.75, 3.05) is 7.11 Å². The van der Waals surface area contributed by atoms with Crippen molar-refractivity contribution in [3.63, 3.8) is 0 Å². The Labute approximate surface area is 192 Å². The fourth-order valence-electron chi connectivity index (χ4n) is 4.61. The van der Waals surface area contributed by atoms with Crippen LogP contribution in [0.5, 0.6) is 5.75 Å². The predicted octanol–water partition coefficient (Wildman–Crippen LogP) is 3.73. The van der Waals surface area contributed by atoms with Gasteiger partial charge in [-0.3, -0.25) is 4.79 Å². The van der Waals surface area contributed by atoms with Gasteiger partial charge in [-0.05, 0) is 42.3 Å². The summed E-state index contributed by atoms with van der Waals surface area (Å²) in [6, 6.07) is 23.1. The van der Waals surface area contributed by atoms with Crippen LogP contribution < -0.4 is 9.46 Å². The van der Waals surface area contributed by atoms with Crippen LogP contribution in [-0.4, -0.2) is 32.2 Å². The SMILES string of the molecule is COc1ccc(C(=O)N2N=C(c3ccccc3)C[C@H](C)[C@]23NS(=O)(=O)c2ccccc23)cc1. The molecule has 1 spiro atoms. The summed E-state index contributed by atoms with van der Waals surface area (Å²) in [5.41, 5.74) is 1.18. The zero-order valence-corrected chi connectivity index (χ0v) is 19.0.